The summed E-state index contributed by atoms with van der Waals surface area (Å²) in [5.74, 6) is -2.01. The van der Waals surface area contributed by atoms with Gasteiger partial charge in [0, 0.05) is 10.5 Å². The van der Waals surface area contributed by atoms with E-state index in [1.165, 1.54) is 0 Å². The Hall–Kier alpha value is -2.25. The molecular formula is C19H14BrF2NO2S. The summed E-state index contributed by atoms with van der Waals surface area (Å²) in [5, 5.41) is 0. The number of sulfonamides is 1. The van der Waals surface area contributed by atoms with E-state index in [0.29, 0.717) is 11.8 Å². The molecule has 7 heteroatoms. The Morgan fingerprint density at radius 3 is 2.04 bits per heavy atom. The molecule has 0 aromatic heterocycles. The standard InChI is InChI=1S/C19H14BrF2NO2S/c20-17-11-15(21)12-18(22)19(17)26(24,25)23(16-9-5-2-6-10-16)13-14-7-3-1-4-8-14/h1-12H,13H2. The minimum absolute atomic E-state index is 0.0104. The van der Waals surface area contributed by atoms with Crippen molar-refractivity contribution in [1.29, 1.82) is 0 Å². The molecule has 26 heavy (non-hydrogen) atoms. The molecule has 0 radical (unpaired) electrons. The van der Waals surface area contributed by atoms with E-state index >= 15 is 0 Å². The monoisotopic (exact) mass is 437 g/mol. The summed E-state index contributed by atoms with van der Waals surface area (Å²) in [4.78, 5) is -0.598. The molecule has 0 fully saturated rings. The summed E-state index contributed by atoms with van der Waals surface area (Å²) in [6, 6.07) is 18.8. The molecule has 3 nitrogen and oxygen atoms in total. The van der Waals surface area contributed by atoms with E-state index in [4.69, 9.17) is 0 Å². The van der Waals surface area contributed by atoms with Crippen molar-refractivity contribution in [1.82, 2.24) is 0 Å². The maximum atomic E-state index is 14.3. The van der Waals surface area contributed by atoms with E-state index in [1.807, 2.05) is 6.07 Å². The molecule has 0 aliphatic heterocycles. The molecule has 134 valence electrons. The third-order valence-electron chi connectivity index (χ3n) is 3.72. The van der Waals surface area contributed by atoms with Gasteiger partial charge in [-0.2, -0.15) is 0 Å². The molecule has 0 spiro atoms. The van der Waals surface area contributed by atoms with Crippen molar-refractivity contribution < 1.29 is 17.2 Å². The molecular weight excluding hydrogens is 424 g/mol. The second kappa shape index (κ2) is 7.55. The first-order valence-corrected chi connectivity index (χ1v) is 9.89. The maximum Gasteiger partial charge on any atom is 0.268 e. The Balaban J connectivity index is 2.15. The van der Waals surface area contributed by atoms with E-state index in [-0.39, 0.29) is 11.0 Å². The minimum atomic E-state index is -4.29. The first-order chi connectivity index (χ1) is 12.4. The van der Waals surface area contributed by atoms with Gasteiger partial charge in [-0.25, -0.2) is 17.2 Å². The number of anilines is 1. The lowest BCUT2D eigenvalue weighted by Gasteiger charge is -2.25. The predicted molar refractivity (Wildman–Crippen MR) is 100 cm³/mol. The molecule has 0 saturated heterocycles. The fraction of sp³-hybridized carbons (Fsp3) is 0.0526. The Kier molecular flexibility index (Phi) is 5.38. The largest absolute Gasteiger partial charge is 0.268 e. The summed E-state index contributed by atoms with van der Waals surface area (Å²) >= 11 is 2.97. The van der Waals surface area contributed by atoms with Crippen molar-refractivity contribution in [3.05, 3.63) is 94.5 Å². The van der Waals surface area contributed by atoms with Gasteiger partial charge < -0.3 is 0 Å². The Morgan fingerprint density at radius 1 is 0.885 bits per heavy atom. The summed E-state index contributed by atoms with van der Waals surface area (Å²) in [6.45, 7) is 0.0104. The van der Waals surface area contributed by atoms with Gasteiger partial charge in [-0.15, -0.1) is 0 Å². The van der Waals surface area contributed by atoms with Crippen LogP contribution in [0, 0.1) is 11.6 Å². The highest BCUT2D eigenvalue weighted by Gasteiger charge is 2.31. The molecule has 0 heterocycles. The van der Waals surface area contributed by atoms with Gasteiger partial charge >= 0.3 is 0 Å². The third kappa shape index (κ3) is 3.78. The average molecular weight is 438 g/mol. The smallest absolute Gasteiger partial charge is 0.262 e. The topological polar surface area (TPSA) is 37.4 Å². The molecule has 0 aliphatic rings. The van der Waals surface area contributed by atoms with Gasteiger partial charge in [-0.1, -0.05) is 48.5 Å². The summed E-state index contributed by atoms with van der Waals surface area (Å²) in [6.07, 6.45) is 0. The number of para-hydroxylation sites is 1. The van der Waals surface area contributed by atoms with Gasteiger partial charge in [0.2, 0.25) is 0 Å². The first-order valence-electron chi connectivity index (χ1n) is 7.66. The molecule has 3 aromatic carbocycles. The van der Waals surface area contributed by atoms with Crippen molar-refractivity contribution >= 4 is 31.6 Å². The molecule has 0 saturated carbocycles. The minimum Gasteiger partial charge on any atom is -0.262 e. The molecule has 0 unspecified atom stereocenters. The number of rotatable bonds is 5. The highest BCUT2D eigenvalue weighted by molar-refractivity contribution is 9.10. The Labute approximate surface area is 159 Å². The quantitative estimate of drug-likeness (QED) is 0.555. The van der Waals surface area contributed by atoms with Gasteiger partial charge in [-0.05, 0) is 39.7 Å². The van der Waals surface area contributed by atoms with Crippen LogP contribution in [0.25, 0.3) is 0 Å². The van der Waals surface area contributed by atoms with Crippen LogP contribution in [0.4, 0.5) is 14.5 Å². The Morgan fingerprint density at radius 2 is 1.46 bits per heavy atom. The van der Waals surface area contributed by atoms with Crippen LogP contribution in [-0.4, -0.2) is 8.42 Å². The van der Waals surface area contributed by atoms with Crippen LogP contribution in [0.5, 0.6) is 0 Å². The lowest BCUT2D eigenvalue weighted by Crippen LogP contribution is -2.31. The number of hydrogen-bond donors (Lipinski definition) is 0. The highest BCUT2D eigenvalue weighted by atomic mass is 79.9. The molecule has 0 bridgehead atoms. The molecule has 0 atom stereocenters. The zero-order chi connectivity index (χ0) is 18.7. The fourth-order valence-electron chi connectivity index (χ4n) is 2.54. The van der Waals surface area contributed by atoms with Crippen molar-refractivity contribution in [3.63, 3.8) is 0 Å². The van der Waals surface area contributed by atoms with E-state index in [9.17, 15) is 17.2 Å². The zero-order valence-corrected chi connectivity index (χ0v) is 15.8. The van der Waals surface area contributed by atoms with Crippen LogP contribution >= 0.6 is 15.9 Å². The maximum absolute atomic E-state index is 14.3. The second-order valence-electron chi connectivity index (χ2n) is 5.53. The zero-order valence-electron chi connectivity index (χ0n) is 13.4. The number of nitrogens with zero attached hydrogens (tertiary/aromatic N) is 1. The van der Waals surface area contributed by atoms with E-state index in [0.717, 1.165) is 15.9 Å². The molecule has 3 rings (SSSR count). The van der Waals surface area contributed by atoms with Gasteiger partial charge in [0.25, 0.3) is 10.0 Å². The van der Waals surface area contributed by atoms with Gasteiger partial charge in [0.15, 0.2) is 0 Å². The first kappa shape index (κ1) is 18.5. The van der Waals surface area contributed by atoms with Crippen LogP contribution in [0.2, 0.25) is 0 Å². The number of hydrogen-bond acceptors (Lipinski definition) is 2. The van der Waals surface area contributed by atoms with Crippen LogP contribution < -0.4 is 4.31 Å². The molecule has 0 N–H and O–H groups in total. The number of halogens is 3. The Bertz CT molecular complexity index is 989. The van der Waals surface area contributed by atoms with Crippen molar-refractivity contribution in [3.8, 4) is 0 Å². The van der Waals surface area contributed by atoms with Crippen LogP contribution in [0.3, 0.4) is 0 Å². The summed E-state index contributed by atoms with van der Waals surface area (Å²) < 4.78 is 55.1. The van der Waals surface area contributed by atoms with Crippen LogP contribution in [0.15, 0.2) is 82.2 Å². The molecule has 0 aliphatic carbocycles. The lowest BCUT2D eigenvalue weighted by atomic mass is 10.2. The van der Waals surface area contributed by atoms with Gasteiger partial charge in [0.1, 0.15) is 16.5 Å². The number of benzene rings is 3. The van der Waals surface area contributed by atoms with Crippen LogP contribution in [-0.2, 0) is 16.6 Å². The van der Waals surface area contributed by atoms with Crippen molar-refractivity contribution in [2.24, 2.45) is 0 Å². The van der Waals surface area contributed by atoms with Crippen molar-refractivity contribution in [2.45, 2.75) is 11.4 Å². The van der Waals surface area contributed by atoms with E-state index in [1.54, 1.807) is 54.6 Å². The summed E-state index contributed by atoms with van der Waals surface area (Å²) in [5.41, 5.74) is 1.12. The van der Waals surface area contributed by atoms with E-state index in [2.05, 4.69) is 15.9 Å². The predicted octanol–water partition coefficient (Wildman–Crippen LogP) is 5.12. The van der Waals surface area contributed by atoms with Crippen LogP contribution in [0.1, 0.15) is 5.56 Å². The normalized spacial score (nSPS) is 11.3. The molecule has 3 aromatic rings. The second-order valence-corrected chi connectivity index (χ2v) is 8.18. The fourth-order valence-corrected chi connectivity index (χ4v) is 5.12. The highest BCUT2D eigenvalue weighted by Crippen LogP contribution is 2.32. The average Bonchev–Trinajstić information content (AvgIpc) is 2.60. The molecule has 0 amide bonds. The van der Waals surface area contributed by atoms with Gasteiger partial charge in [-0.3, -0.25) is 4.31 Å². The van der Waals surface area contributed by atoms with Gasteiger partial charge in [0.05, 0.1) is 12.2 Å². The lowest BCUT2D eigenvalue weighted by molar-refractivity contribution is 0.544. The van der Waals surface area contributed by atoms with Crippen molar-refractivity contribution in [2.75, 3.05) is 4.31 Å². The summed E-state index contributed by atoms with van der Waals surface area (Å²) in [7, 11) is -4.29. The SMILES string of the molecule is O=S(=O)(c1c(F)cc(F)cc1Br)N(Cc1ccccc1)c1ccccc1. The van der Waals surface area contributed by atoms with E-state index < -0.39 is 26.6 Å². The third-order valence-corrected chi connectivity index (χ3v) is 6.46.